The van der Waals surface area contributed by atoms with Crippen LogP contribution in [0.4, 0.5) is 0 Å². The standard InChI is InChI=1S/C15H21ClN2O/c16-13-4-2-6-15(19)12(13)9-18-7-10-3-1-5-14(17)11(10)8-18/h2,4,6,10-11,14,19H,1,3,5,7-9,17H2. The highest BCUT2D eigenvalue weighted by molar-refractivity contribution is 6.31. The Morgan fingerprint density at radius 3 is 2.89 bits per heavy atom. The van der Waals surface area contributed by atoms with Crippen LogP contribution in [0.5, 0.6) is 5.75 Å². The van der Waals surface area contributed by atoms with Gasteiger partial charge in [0.25, 0.3) is 0 Å². The van der Waals surface area contributed by atoms with E-state index in [1.807, 2.05) is 6.07 Å². The molecule has 2 aliphatic rings. The predicted octanol–water partition coefficient (Wildman–Crippen LogP) is 2.60. The van der Waals surface area contributed by atoms with Gasteiger partial charge in [-0.25, -0.2) is 0 Å². The molecule has 1 aliphatic heterocycles. The van der Waals surface area contributed by atoms with E-state index < -0.39 is 0 Å². The zero-order valence-electron chi connectivity index (χ0n) is 11.1. The summed E-state index contributed by atoms with van der Waals surface area (Å²) in [5, 5.41) is 10.6. The SMILES string of the molecule is NC1CCCC2CN(Cc3c(O)cccc3Cl)CC12. The molecule has 0 radical (unpaired) electrons. The summed E-state index contributed by atoms with van der Waals surface area (Å²) >= 11 is 6.18. The van der Waals surface area contributed by atoms with E-state index in [1.54, 1.807) is 12.1 Å². The van der Waals surface area contributed by atoms with Gasteiger partial charge in [0.1, 0.15) is 5.75 Å². The number of halogens is 1. The number of benzene rings is 1. The minimum Gasteiger partial charge on any atom is -0.508 e. The summed E-state index contributed by atoms with van der Waals surface area (Å²) in [6.07, 6.45) is 3.71. The number of phenolic OH excluding ortho intramolecular Hbond substituents is 1. The Balaban J connectivity index is 1.72. The Bertz CT molecular complexity index is 445. The van der Waals surface area contributed by atoms with Crippen LogP contribution >= 0.6 is 11.6 Å². The van der Waals surface area contributed by atoms with E-state index in [0.717, 1.165) is 37.5 Å². The van der Waals surface area contributed by atoms with Crippen LogP contribution in [0.1, 0.15) is 24.8 Å². The zero-order valence-corrected chi connectivity index (χ0v) is 11.8. The number of aromatic hydroxyl groups is 1. The molecule has 1 aromatic carbocycles. The van der Waals surface area contributed by atoms with E-state index in [0.29, 0.717) is 22.7 Å². The summed E-state index contributed by atoms with van der Waals surface area (Å²) in [4.78, 5) is 2.39. The number of likely N-dealkylation sites (tertiary alicyclic amines) is 1. The third-order valence-corrected chi connectivity index (χ3v) is 5.06. The fraction of sp³-hybridized carbons (Fsp3) is 0.600. The smallest absolute Gasteiger partial charge is 0.121 e. The molecule has 0 bridgehead atoms. The van der Waals surface area contributed by atoms with Crippen LogP contribution in [0.15, 0.2) is 18.2 Å². The Kier molecular flexibility index (Phi) is 3.70. The maximum atomic E-state index is 9.93. The monoisotopic (exact) mass is 280 g/mol. The molecule has 1 saturated heterocycles. The van der Waals surface area contributed by atoms with Gasteiger partial charge in [-0.3, -0.25) is 4.90 Å². The maximum Gasteiger partial charge on any atom is 0.121 e. The largest absolute Gasteiger partial charge is 0.508 e. The first-order chi connectivity index (χ1) is 9.15. The topological polar surface area (TPSA) is 49.5 Å². The molecule has 1 saturated carbocycles. The van der Waals surface area contributed by atoms with E-state index in [9.17, 15) is 5.11 Å². The first-order valence-corrected chi connectivity index (χ1v) is 7.47. The summed E-state index contributed by atoms with van der Waals surface area (Å²) in [7, 11) is 0. The molecule has 3 nitrogen and oxygen atoms in total. The van der Waals surface area contributed by atoms with E-state index in [-0.39, 0.29) is 0 Å². The third kappa shape index (κ3) is 2.60. The Labute approximate surface area is 119 Å². The van der Waals surface area contributed by atoms with Crippen molar-refractivity contribution in [3.05, 3.63) is 28.8 Å². The normalized spacial score (nSPS) is 31.4. The number of hydrogen-bond acceptors (Lipinski definition) is 3. The van der Waals surface area contributed by atoms with Crippen LogP contribution in [-0.4, -0.2) is 29.1 Å². The average molecular weight is 281 g/mol. The highest BCUT2D eigenvalue weighted by atomic mass is 35.5. The van der Waals surface area contributed by atoms with E-state index in [4.69, 9.17) is 17.3 Å². The molecular weight excluding hydrogens is 260 g/mol. The second-order valence-corrected chi connectivity index (χ2v) is 6.36. The molecule has 2 fully saturated rings. The van der Waals surface area contributed by atoms with Gasteiger partial charge in [0, 0.05) is 36.3 Å². The third-order valence-electron chi connectivity index (χ3n) is 4.71. The first kappa shape index (κ1) is 13.2. The van der Waals surface area contributed by atoms with Crippen molar-refractivity contribution in [1.29, 1.82) is 0 Å². The highest BCUT2D eigenvalue weighted by Crippen LogP contribution is 2.37. The minimum atomic E-state index is 0.298. The van der Waals surface area contributed by atoms with Crippen molar-refractivity contribution in [3.63, 3.8) is 0 Å². The first-order valence-electron chi connectivity index (χ1n) is 7.09. The fourth-order valence-electron chi connectivity index (χ4n) is 3.67. The molecule has 3 atom stereocenters. The maximum absolute atomic E-state index is 9.93. The van der Waals surface area contributed by atoms with Crippen molar-refractivity contribution in [2.45, 2.75) is 31.8 Å². The molecule has 0 spiro atoms. The second kappa shape index (κ2) is 5.31. The number of fused-ring (bicyclic) bond motifs is 1. The number of rotatable bonds is 2. The van der Waals surface area contributed by atoms with Crippen molar-refractivity contribution in [2.75, 3.05) is 13.1 Å². The van der Waals surface area contributed by atoms with Gasteiger partial charge in [0.2, 0.25) is 0 Å². The molecule has 1 aliphatic carbocycles. The molecule has 3 unspecified atom stereocenters. The van der Waals surface area contributed by atoms with Gasteiger partial charge < -0.3 is 10.8 Å². The number of nitrogens with zero attached hydrogens (tertiary/aromatic N) is 1. The van der Waals surface area contributed by atoms with Crippen LogP contribution in [-0.2, 0) is 6.54 Å². The van der Waals surface area contributed by atoms with Crippen LogP contribution in [0.25, 0.3) is 0 Å². The van der Waals surface area contributed by atoms with Crippen LogP contribution in [0.3, 0.4) is 0 Å². The molecule has 3 N–H and O–H groups in total. The highest BCUT2D eigenvalue weighted by Gasteiger charge is 2.38. The van der Waals surface area contributed by atoms with Crippen molar-refractivity contribution in [3.8, 4) is 5.75 Å². The van der Waals surface area contributed by atoms with Gasteiger partial charge in [-0.15, -0.1) is 0 Å². The van der Waals surface area contributed by atoms with Crippen LogP contribution in [0.2, 0.25) is 5.02 Å². The van der Waals surface area contributed by atoms with Crippen molar-refractivity contribution in [2.24, 2.45) is 17.6 Å². The summed E-state index contributed by atoms with van der Waals surface area (Å²) in [6.45, 7) is 2.85. The van der Waals surface area contributed by atoms with Gasteiger partial charge in [-0.05, 0) is 36.8 Å². The number of hydrogen-bond donors (Lipinski definition) is 2. The van der Waals surface area contributed by atoms with Crippen LogP contribution in [0, 0.1) is 11.8 Å². The van der Waals surface area contributed by atoms with E-state index >= 15 is 0 Å². The van der Waals surface area contributed by atoms with Gasteiger partial charge in [-0.1, -0.05) is 24.1 Å². The average Bonchev–Trinajstić information content (AvgIpc) is 2.78. The van der Waals surface area contributed by atoms with Crippen LogP contribution < -0.4 is 5.73 Å². The second-order valence-electron chi connectivity index (χ2n) is 5.95. The lowest BCUT2D eigenvalue weighted by Crippen LogP contribution is -2.38. The molecular formula is C15H21ClN2O. The molecule has 4 heteroatoms. The Morgan fingerprint density at radius 2 is 2.16 bits per heavy atom. The summed E-state index contributed by atoms with van der Waals surface area (Å²) < 4.78 is 0. The number of phenols is 1. The lowest BCUT2D eigenvalue weighted by Gasteiger charge is -2.29. The molecule has 104 valence electrons. The molecule has 1 heterocycles. The van der Waals surface area contributed by atoms with Gasteiger partial charge in [-0.2, -0.15) is 0 Å². The molecule has 19 heavy (non-hydrogen) atoms. The summed E-state index contributed by atoms with van der Waals surface area (Å²) in [6, 6.07) is 5.67. The molecule has 0 amide bonds. The lowest BCUT2D eigenvalue weighted by molar-refractivity contribution is 0.259. The number of nitrogens with two attached hydrogens (primary N) is 1. The fourth-order valence-corrected chi connectivity index (χ4v) is 3.89. The molecule has 0 aromatic heterocycles. The van der Waals surface area contributed by atoms with E-state index in [2.05, 4.69) is 4.90 Å². The predicted molar refractivity (Wildman–Crippen MR) is 77.2 cm³/mol. The summed E-state index contributed by atoms with van der Waals surface area (Å²) in [5.74, 6) is 1.65. The quantitative estimate of drug-likeness (QED) is 0.875. The van der Waals surface area contributed by atoms with Crippen molar-refractivity contribution in [1.82, 2.24) is 4.90 Å². The van der Waals surface area contributed by atoms with Gasteiger partial charge >= 0.3 is 0 Å². The van der Waals surface area contributed by atoms with Crippen molar-refractivity contribution < 1.29 is 5.11 Å². The summed E-state index contributed by atoms with van der Waals surface area (Å²) in [5.41, 5.74) is 7.08. The minimum absolute atomic E-state index is 0.298. The molecule has 1 aromatic rings. The Morgan fingerprint density at radius 1 is 1.32 bits per heavy atom. The van der Waals surface area contributed by atoms with Gasteiger partial charge in [0.05, 0.1) is 0 Å². The van der Waals surface area contributed by atoms with Crippen molar-refractivity contribution >= 4 is 11.6 Å². The molecule has 3 rings (SSSR count). The lowest BCUT2D eigenvalue weighted by atomic mass is 9.78. The zero-order chi connectivity index (χ0) is 13.4. The Hall–Kier alpha value is -0.770. The van der Waals surface area contributed by atoms with E-state index in [1.165, 1.54) is 12.8 Å². The van der Waals surface area contributed by atoms with Gasteiger partial charge in [0.15, 0.2) is 0 Å².